The summed E-state index contributed by atoms with van der Waals surface area (Å²) in [5.74, 6) is -6.98. The molecule has 0 bridgehead atoms. The second kappa shape index (κ2) is 13.8. The molecule has 2 heterocycles. The molecule has 14 heteroatoms. The molecule has 2 aromatic carbocycles. The number of carbonyl (C=O) groups is 8. The quantitative estimate of drug-likeness (QED) is 0.128. The Hall–Kier alpha value is -5.92. The van der Waals surface area contributed by atoms with Crippen molar-refractivity contribution in [1.29, 1.82) is 0 Å². The number of imide groups is 2. The van der Waals surface area contributed by atoms with Crippen molar-refractivity contribution in [3.05, 3.63) is 94.1 Å². The van der Waals surface area contributed by atoms with E-state index in [2.05, 4.69) is 23.8 Å². The summed E-state index contributed by atoms with van der Waals surface area (Å²) >= 11 is 0. The molecule has 0 unspecified atom stereocenters. The summed E-state index contributed by atoms with van der Waals surface area (Å²) in [5, 5.41) is 24.2. The van der Waals surface area contributed by atoms with Crippen LogP contribution in [0, 0.1) is 0 Å². The van der Waals surface area contributed by atoms with Crippen molar-refractivity contribution in [2.24, 2.45) is 0 Å². The Morgan fingerprint density at radius 3 is 1.30 bits per heavy atom. The minimum atomic E-state index is -1.36. The molecule has 0 spiro atoms. The zero-order valence-corrected chi connectivity index (χ0v) is 24.6. The number of hydrogen-bond acceptors (Lipinski definition) is 8. The van der Waals surface area contributed by atoms with E-state index in [9.17, 15) is 48.6 Å². The number of benzene rings is 2. The van der Waals surface area contributed by atoms with Crippen LogP contribution in [0.2, 0.25) is 0 Å². The average molecular weight is 631 g/mol. The molecule has 0 radical (unpaired) electrons. The van der Waals surface area contributed by atoms with Gasteiger partial charge in [0, 0.05) is 26.2 Å². The van der Waals surface area contributed by atoms with Crippen LogP contribution in [-0.2, 0) is 0 Å². The van der Waals surface area contributed by atoms with Gasteiger partial charge in [0.25, 0.3) is 35.4 Å². The number of carboxylic acids is 2. The Morgan fingerprint density at radius 1 is 0.609 bits per heavy atom. The van der Waals surface area contributed by atoms with Gasteiger partial charge in [-0.1, -0.05) is 25.0 Å². The minimum Gasteiger partial charge on any atom is -0.478 e. The molecule has 46 heavy (non-hydrogen) atoms. The van der Waals surface area contributed by atoms with Gasteiger partial charge in [0.2, 0.25) is 0 Å². The summed E-state index contributed by atoms with van der Waals surface area (Å²) in [6.07, 6.45) is 4.91. The molecule has 0 aliphatic carbocycles. The maximum atomic E-state index is 12.9. The van der Waals surface area contributed by atoms with Crippen molar-refractivity contribution in [1.82, 2.24) is 20.4 Å². The predicted molar refractivity (Wildman–Crippen MR) is 161 cm³/mol. The van der Waals surface area contributed by atoms with Gasteiger partial charge < -0.3 is 20.8 Å². The lowest BCUT2D eigenvalue weighted by molar-refractivity contribution is 0.0655. The molecular formula is C32H30N4O10. The van der Waals surface area contributed by atoms with Crippen molar-refractivity contribution < 1.29 is 48.6 Å². The molecule has 2 aromatic rings. The van der Waals surface area contributed by atoms with Gasteiger partial charge in [-0.2, -0.15) is 0 Å². The highest BCUT2D eigenvalue weighted by atomic mass is 16.4. The van der Waals surface area contributed by atoms with E-state index in [-0.39, 0.29) is 70.7 Å². The molecule has 0 saturated carbocycles. The Kier molecular flexibility index (Phi) is 9.90. The third-order valence-electron chi connectivity index (χ3n) is 7.43. The highest BCUT2D eigenvalue weighted by molar-refractivity contribution is 6.26. The van der Waals surface area contributed by atoms with Crippen LogP contribution < -0.4 is 10.6 Å². The van der Waals surface area contributed by atoms with Gasteiger partial charge in [0.15, 0.2) is 0 Å². The van der Waals surface area contributed by atoms with E-state index >= 15 is 0 Å². The normalized spacial score (nSPS) is 13.4. The first-order valence-electron chi connectivity index (χ1n) is 14.3. The van der Waals surface area contributed by atoms with Crippen LogP contribution in [0.1, 0.15) is 109 Å². The highest BCUT2D eigenvalue weighted by Crippen LogP contribution is 2.29. The molecule has 14 nitrogen and oxygen atoms in total. The SMILES string of the molecule is C=CCN1C(=O)c2cc(C(=O)O)cc(C(=O)NCCCCCCNC(=O)c3cc(C(=O)O)cc4c3C(=O)N(CC=C)C4=O)c2C1=O. The third-order valence-corrected chi connectivity index (χ3v) is 7.43. The molecule has 0 saturated heterocycles. The van der Waals surface area contributed by atoms with Crippen molar-refractivity contribution in [2.75, 3.05) is 26.2 Å². The molecule has 2 aliphatic heterocycles. The first-order chi connectivity index (χ1) is 21.9. The molecule has 2 aliphatic rings. The van der Waals surface area contributed by atoms with Crippen LogP contribution in [-0.4, -0.2) is 93.6 Å². The van der Waals surface area contributed by atoms with Gasteiger partial charge in [0.1, 0.15) is 0 Å². The van der Waals surface area contributed by atoms with E-state index in [4.69, 9.17) is 0 Å². The first-order valence-corrected chi connectivity index (χ1v) is 14.3. The molecule has 6 amide bonds. The second-order valence-corrected chi connectivity index (χ2v) is 10.4. The lowest BCUT2D eigenvalue weighted by Gasteiger charge is -2.11. The number of nitrogens with one attached hydrogen (secondary N) is 2. The van der Waals surface area contributed by atoms with Crippen LogP contribution in [0.25, 0.3) is 0 Å². The molecule has 0 fully saturated rings. The van der Waals surface area contributed by atoms with Crippen LogP contribution >= 0.6 is 0 Å². The van der Waals surface area contributed by atoms with Gasteiger partial charge in [-0.25, -0.2) is 9.59 Å². The fourth-order valence-corrected chi connectivity index (χ4v) is 5.22. The summed E-state index contributed by atoms with van der Waals surface area (Å²) < 4.78 is 0. The van der Waals surface area contributed by atoms with E-state index in [1.165, 1.54) is 12.2 Å². The predicted octanol–water partition coefficient (Wildman–Crippen LogP) is 2.37. The van der Waals surface area contributed by atoms with Gasteiger partial charge in [-0.3, -0.25) is 38.6 Å². The van der Waals surface area contributed by atoms with Crippen molar-refractivity contribution in [3.8, 4) is 0 Å². The number of unbranched alkanes of at least 4 members (excludes halogenated alkanes) is 3. The fourth-order valence-electron chi connectivity index (χ4n) is 5.22. The number of rotatable bonds is 15. The van der Waals surface area contributed by atoms with Gasteiger partial charge in [-0.05, 0) is 37.1 Å². The Bertz CT molecular complexity index is 1600. The van der Waals surface area contributed by atoms with Crippen molar-refractivity contribution in [3.63, 3.8) is 0 Å². The lowest BCUT2D eigenvalue weighted by Crippen LogP contribution is -2.31. The van der Waals surface area contributed by atoms with E-state index < -0.39 is 47.4 Å². The Balaban J connectivity index is 1.30. The summed E-state index contributed by atoms with van der Waals surface area (Å²) in [7, 11) is 0. The summed E-state index contributed by atoms with van der Waals surface area (Å²) in [5.41, 5.74) is -1.70. The number of nitrogens with zero attached hydrogens (tertiary/aromatic N) is 2. The molecular weight excluding hydrogens is 600 g/mol. The number of aromatic carboxylic acids is 2. The second-order valence-electron chi connectivity index (χ2n) is 10.4. The first kappa shape index (κ1) is 33.0. The van der Waals surface area contributed by atoms with E-state index in [0.29, 0.717) is 25.7 Å². The summed E-state index contributed by atoms with van der Waals surface area (Å²) in [6, 6.07) is 4.26. The third kappa shape index (κ3) is 6.31. The maximum absolute atomic E-state index is 12.9. The lowest BCUT2D eigenvalue weighted by atomic mass is 9.98. The fraction of sp³-hybridized carbons (Fsp3) is 0.250. The molecule has 4 rings (SSSR count). The standard InChI is InChI=1S/C32H30N4O10/c1-3-11-35-27(39)21-15-17(31(43)44)13-19(23(21)29(35)41)25(37)33-9-7-5-6-8-10-34-26(38)20-14-18(32(45)46)16-22-24(20)30(42)36(12-4-2)28(22)40/h3-4,13-16H,1-2,5-12H2,(H,33,37)(H,34,38)(H,43,44)(H,45,46). The monoisotopic (exact) mass is 630 g/mol. The van der Waals surface area contributed by atoms with Gasteiger partial charge in [-0.15, -0.1) is 13.2 Å². The number of hydrogen-bond donors (Lipinski definition) is 4. The number of carbonyl (C=O) groups excluding carboxylic acids is 6. The van der Waals surface area contributed by atoms with Crippen molar-refractivity contribution in [2.45, 2.75) is 25.7 Å². The van der Waals surface area contributed by atoms with Gasteiger partial charge >= 0.3 is 11.9 Å². The molecule has 238 valence electrons. The topological polar surface area (TPSA) is 208 Å². The smallest absolute Gasteiger partial charge is 0.335 e. The van der Waals surface area contributed by atoms with Crippen LogP contribution in [0.4, 0.5) is 0 Å². The van der Waals surface area contributed by atoms with E-state index in [1.807, 2.05) is 0 Å². The number of carboxylic acid groups (broad SMARTS) is 2. The zero-order chi connectivity index (χ0) is 33.7. The van der Waals surface area contributed by atoms with Crippen LogP contribution in [0.5, 0.6) is 0 Å². The molecule has 0 aromatic heterocycles. The van der Waals surface area contributed by atoms with Gasteiger partial charge in [0.05, 0.1) is 44.5 Å². The van der Waals surface area contributed by atoms with Crippen LogP contribution in [0.3, 0.4) is 0 Å². The molecule has 0 atom stereocenters. The number of fused-ring (bicyclic) bond motifs is 2. The largest absolute Gasteiger partial charge is 0.478 e. The minimum absolute atomic E-state index is 0.0979. The zero-order valence-electron chi connectivity index (χ0n) is 24.6. The average Bonchev–Trinajstić information content (AvgIpc) is 3.41. The maximum Gasteiger partial charge on any atom is 0.335 e. The summed E-state index contributed by atoms with van der Waals surface area (Å²) in [4.78, 5) is 102. The highest BCUT2D eigenvalue weighted by Gasteiger charge is 2.40. The Morgan fingerprint density at radius 2 is 0.978 bits per heavy atom. The van der Waals surface area contributed by atoms with Crippen LogP contribution in [0.15, 0.2) is 49.6 Å². The van der Waals surface area contributed by atoms with E-state index in [1.54, 1.807) is 0 Å². The Labute approximate surface area is 262 Å². The van der Waals surface area contributed by atoms with E-state index in [0.717, 1.165) is 34.1 Å². The van der Waals surface area contributed by atoms with Crippen molar-refractivity contribution >= 4 is 47.4 Å². The number of amides is 6. The molecule has 4 N–H and O–H groups in total. The summed E-state index contributed by atoms with van der Waals surface area (Å²) in [6.45, 7) is 7.18.